The Morgan fingerprint density at radius 1 is 1.18 bits per heavy atom. The van der Waals surface area contributed by atoms with Gasteiger partial charge >= 0.3 is 0 Å². The zero-order chi connectivity index (χ0) is 11.8. The molecule has 3 rings (SSSR count). The molecule has 1 saturated heterocycles. The van der Waals surface area contributed by atoms with Crippen LogP contribution >= 0.6 is 0 Å². The quantitative estimate of drug-likeness (QED) is 0.779. The van der Waals surface area contributed by atoms with E-state index in [4.69, 9.17) is 0 Å². The second-order valence-electron chi connectivity index (χ2n) is 5.60. The van der Waals surface area contributed by atoms with Gasteiger partial charge in [0.1, 0.15) is 5.82 Å². The summed E-state index contributed by atoms with van der Waals surface area (Å²) in [6.07, 6.45) is 6.62. The van der Waals surface area contributed by atoms with Gasteiger partial charge in [0.15, 0.2) is 0 Å². The summed E-state index contributed by atoms with van der Waals surface area (Å²) in [4.78, 5) is 0. The fraction of sp³-hybridized carbons (Fsp3) is 0.600. The van der Waals surface area contributed by atoms with Crippen LogP contribution in [0, 0.1) is 18.7 Å². The van der Waals surface area contributed by atoms with E-state index in [1.54, 1.807) is 6.07 Å². The third-order valence-corrected chi connectivity index (χ3v) is 4.48. The van der Waals surface area contributed by atoms with E-state index < -0.39 is 0 Å². The number of hydrogen-bond acceptors (Lipinski definition) is 1. The van der Waals surface area contributed by atoms with Crippen molar-refractivity contribution in [3.63, 3.8) is 0 Å². The van der Waals surface area contributed by atoms with Gasteiger partial charge in [0.05, 0.1) is 0 Å². The highest BCUT2D eigenvalue weighted by molar-refractivity contribution is 5.27. The molecular formula is C15H20FN. The topological polar surface area (TPSA) is 12.0 Å². The molecule has 1 aliphatic carbocycles. The largest absolute Gasteiger partial charge is 0.307 e. The maximum Gasteiger partial charge on any atom is 0.126 e. The van der Waals surface area contributed by atoms with Crippen LogP contribution in [0.15, 0.2) is 18.2 Å². The van der Waals surface area contributed by atoms with Crippen molar-refractivity contribution in [2.75, 3.05) is 0 Å². The van der Waals surface area contributed by atoms with Crippen molar-refractivity contribution in [2.24, 2.45) is 5.92 Å². The van der Waals surface area contributed by atoms with E-state index in [1.807, 2.05) is 19.1 Å². The van der Waals surface area contributed by atoms with Gasteiger partial charge in [-0.2, -0.15) is 0 Å². The van der Waals surface area contributed by atoms with Crippen molar-refractivity contribution >= 4 is 0 Å². The normalized spacial score (nSPS) is 32.5. The summed E-state index contributed by atoms with van der Waals surface area (Å²) in [5.74, 6) is 0.802. The molecule has 1 aromatic rings. The predicted molar refractivity (Wildman–Crippen MR) is 67.4 cm³/mol. The summed E-state index contributed by atoms with van der Waals surface area (Å²) in [5.41, 5.74) is 2.02. The molecule has 17 heavy (non-hydrogen) atoms. The van der Waals surface area contributed by atoms with Crippen LogP contribution < -0.4 is 5.32 Å². The van der Waals surface area contributed by atoms with Crippen LogP contribution in [0.2, 0.25) is 0 Å². The summed E-state index contributed by atoms with van der Waals surface area (Å²) in [6, 6.07) is 6.69. The molecular weight excluding hydrogens is 213 g/mol. The van der Waals surface area contributed by atoms with Crippen LogP contribution in [0.1, 0.15) is 49.3 Å². The minimum Gasteiger partial charge on any atom is -0.307 e. The first-order valence-electron chi connectivity index (χ1n) is 6.76. The van der Waals surface area contributed by atoms with Gasteiger partial charge in [-0.05, 0) is 55.7 Å². The van der Waals surface area contributed by atoms with E-state index in [1.165, 1.54) is 37.7 Å². The molecule has 1 nitrogen and oxygen atoms in total. The first-order chi connectivity index (χ1) is 8.24. The van der Waals surface area contributed by atoms with Crippen LogP contribution in [0.5, 0.6) is 0 Å². The fourth-order valence-electron chi connectivity index (χ4n) is 3.47. The monoisotopic (exact) mass is 233 g/mol. The minimum absolute atomic E-state index is 0.0942. The molecule has 92 valence electrons. The standard InChI is InChI=1S/C15H20FN/c1-10-9-12(5-7-13(10)16)15-8-6-11-3-2-4-14(11)17-15/h5,7,9,11,14-15,17H,2-4,6,8H2,1H3. The molecule has 2 heteroatoms. The van der Waals surface area contributed by atoms with Gasteiger partial charge in [-0.3, -0.25) is 0 Å². The van der Waals surface area contributed by atoms with Gasteiger partial charge in [-0.1, -0.05) is 18.6 Å². The summed E-state index contributed by atoms with van der Waals surface area (Å²) >= 11 is 0. The van der Waals surface area contributed by atoms with Crippen molar-refractivity contribution in [3.05, 3.63) is 35.1 Å². The molecule has 1 aliphatic heterocycles. The zero-order valence-electron chi connectivity index (χ0n) is 10.4. The maximum atomic E-state index is 13.3. The summed E-state index contributed by atoms with van der Waals surface area (Å²) in [7, 11) is 0. The number of fused-ring (bicyclic) bond motifs is 1. The summed E-state index contributed by atoms with van der Waals surface area (Å²) < 4.78 is 13.3. The first-order valence-corrected chi connectivity index (χ1v) is 6.76. The van der Waals surface area contributed by atoms with Crippen molar-refractivity contribution in [3.8, 4) is 0 Å². The first kappa shape index (κ1) is 11.2. The van der Waals surface area contributed by atoms with Gasteiger partial charge in [0.2, 0.25) is 0 Å². The lowest BCUT2D eigenvalue weighted by atomic mass is 9.87. The molecule has 1 N–H and O–H groups in total. The second-order valence-corrected chi connectivity index (χ2v) is 5.60. The molecule has 0 aromatic heterocycles. The Hall–Kier alpha value is -0.890. The Balaban J connectivity index is 1.78. The third kappa shape index (κ3) is 2.11. The van der Waals surface area contributed by atoms with Crippen LogP contribution in [0.3, 0.4) is 0 Å². The molecule has 1 aromatic carbocycles. The van der Waals surface area contributed by atoms with Crippen molar-refractivity contribution in [2.45, 2.75) is 51.1 Å². The van der Waals surface area contributed by atoms with Crippen LogP contribution in [-0.4, -0.2) is 6.04 Å². The Bertz CT molecular complexity index is 415. The van der Waals surface area contributed by atoms with E-state index in [-0.39, 0.29) is 5.82 Å². The van der Waals surface area contributed by atoms with Gasteiger partial charge in [0, 0.05) is 12.1 Å². The molecule has 1 saturated carbocycles. The lowest BCUT2D eigenvalue weighted by molar-refractivity contribution is 0.261. The average molecular weight is 233 g/mol. The molecule has 3 atom stereocenters. The van der Waals surface area contributed by atoms with E-state index in [9.17, 15) is 4.39 Å². The van der Waals surface area contributed by atoms with Crippen LogP contribution in [-0.2, 0) is 0 Å². The summed E-state index contributed by atoms with van der Waals surface area (Å²) in [5, 5.41) is 3.76. The lowest BCUT2D eigenvalue weighted by Crippen LogP contribution is -2.40. The van der Waals surface area contributed by atoms with E-state index in [2.05, 4.69) is 5.32 Å². The highest BCUT2D eigenvalue weighted by Gasteiger charge is 2.33. The van der Waals surface area contributed by atoms with Gasteiger partial charge in [-0.15, -0.1) is 0 Å². The van der Waals surface area contributed by atoms with Gasteiger partial charge in [0.25, 0.3) is 0 Å². The SMILES string of the molecule is Cc1cc(C2CCC3CCCC3N2)ccc1F. The number of benzene rings is 1. The number of aryl methyl sites for hydroxylation is 1. The highest BCUT2D eigenvalue weighted by atomic mass is 19.1. The van der Waals surface area contributed by atoms with Gasteiger partial charge < -0.3 is 5.32 Å². The molecule has 0 bridgehead atoms. The maximum absolute atomic E-state index is 13.3. The smallest absolute Gasteiger partial charge is 0.126 e. The second kappa shape index (κ2) is 4.41. The van der Waals surface area contributed by atoms with Crippen molar-refractivity contribution in [1.82, 2.24) is 5.32 Å². The molecule has 1 heterocycles. The third-order valence-electron chi connectivity index (χ3n) is 4.48. The highest BCUT2D eigenvalue weighted by Crippen LogP contribution is 2.38. The molecule has 0 spiro atoms. The molecule has 2 aliphatic rings. The van der Waals surface area contributed by atoms with Crippen LogP contribution in [0.25, 0.3) is 0 Å². The molecule has 2 fully saturated rings. The van der Waals surface area contributed by atoms with Crippen LogP contribution in [0.4, 0.5) is 4.39 Å². The van der Waals surface area contributed by atoms with E-state index in [0.717, 1.165) is 11.5 Å². The average Bonchev–Trinajstić information content (AvgIpc) is 2.79. The number of nitrogens with one attached hydrogen (secondary N) is 1. The number of rotatable bonds is 1. The molecule has 0 radical (unpaired) electrons. The Morgan fingerprint density at radius 3 is 2.88 bits per heavy atom. The zero-order valence-corrected chi connectivity index (χ0v) is 10.4. The summed E-state index contributed by atoms with van der Waals surface area (Å²) in [6.45, 7) is 1.85. The van der Waals surface area contributed by atoms with E-state index >= 15 is 0 Å². The molecule has 0 amide bonds. The minimum atomic E-state index is -0.0942. The predicted octanol–water partition coefficient (Wildman–Crippen LogP) is 3.73. The Kier molecular flexibility index (Phi) is 2.91. The Morgan fingerprint density at radius 2 is 2.06 bits per heavy atom. The number of halogens is 1. The Labute approximate surface area is 102 Å². The number of piperidine rings is 1. The molecule has 3 unspecified atom stereocenters. The van der Waals surface area contributed by atoms with E-state index in [0.29, 0.717) is 12.1 Å². The number of hydrogen-bond donors (Lipinski definition) is 1. The lowest BCUT2D eigenvalue weighted by Gasteiger charge is -2.34. The van der Waals surface area contributed by atoms with Gasteiger partial charge in [-0.25, -0.2) is 4.39 Å². The van der Waals surface area contributed by atoms with Crippen molar-refractivity contribution in [1.29, 1.82) is 0 Å². The van der Waals surface area contributed by atoms with Crippen molar-refractivity contribution < 1.29 is 4.39 Å². The fourth-order valence-corrected chi connectivity index (χ4v) is 3.47.